The van der Waals surface area contributed by atoms with Crippen molar-refractivity contribution in [1.29, 1.82) is 0 Å². The van der Waals surface area contributed by atoms with Gasteiger partial charge in [0, 0.05) is 19.1 Å². The SMILES string of the molecule is CC(C)CN(C[C@@H](O)[C@@H](N)Cc1ccccc1)S(=O)(=O)c1ccccc1N.O=S(=O)(O)O. The van der Waals surface area contributed by atoms with Crippen molar-refractivity contribution in [3.63, 3.8) is 0 Å². The first kappa shape index (κ1) is 28.0. The van der Waals surface area contributed by atoms with E-state index in [0.29, 0.717) is 6.42 Å². The van der Waals surface area contributed by atoms with E-state index in [1.54, 1.807) is 18.2 Å². The van der Waals surface area contributed by atoms with Crippen LogP contribution in [0.25, 0.3) is 0 Å². The molecule has 0 fully saturated rings. The molecule has 7 N–H and O–H groups in total. The Morgan fingerprint density at radius 3 is 1.91 bits per heavy atom. The van der Waals surface area contributed by atoms with Gasteiger partial charge in [-0.15, -0.1) is 0 Å². The Bertz CT molecular complexity index is 1040. The Hall–Kier alpha value is -2.06. The number of aliphatic hydroxyl groups is 1. The second-order valence-electron chi connectivity index (χ2n) is 7.62. The number of hydrogen-bond donors (Lipinski definition) is 5. The van der Waals surface area contributed by atoms with Crippen LogP contribution in [0.4, 0.5) is 5.69 Å². The Kier molecular flexibility index (Phi) is 10.7. The summed E-state index contributed by atoms with van der Waals surface area (Å²) in [5.74, 6) is 0.0854. The van der Waals surface area contributed by atoms with Gasteiger partial charge in [-0.2, -0.15) is 12.7 Å². The maximum atomic E-state index is 13.1. The molecule has 10 nitrogen and oxygen atoms in total. The molecule has 0 amide bonds. The summed E-state index contributed by atoms with van der Waals surface area (Å²) < 4.78 is 59.1. The van der Waals surface area contributed by atoms with Crippen molar-refractivity contribution in [2.45, 2.75) is 37.3 Å². The summed E-state index contributed by atoms with van der Waals surface area (Å²) in [5, 5.41) is 10.6. The summed E-state index contributed by atoms with van der Waals surface area (Å²) in [4.78, 5) is 0.0504. The zero-order valence-corrected chi connectivity index (χ0v) is 19.6. The summed E-state index contributed by atoms with van der Waals surface area (Å²) in [5.41, 5.74) is 13.2. The van der Waals surface area contributed by atoms with Crippen LogP contribution in [0.1, 0.15) is 19.4 Å². The van der Waals surface area contributed by atoms with E-state index in [-0.39, 0.29) is 29.6 Å². The first-order chi connectivity index (χ1) is 14.7. The van der Waals surface area contributed by atoms with Crippen LogP contribution in [0, 0.1) is 5.92 Å². The Labute approximate surface area is 189 Å². The van der Waals surface area contributed by atoms with Gasteiger partial charge in [0.2, 0.25) is 10.0 Å². The lowest BCUT2D eigenvalue weighted by Gasteiger charge is -2.29. The molecule has 0 radical (unpaired) electrons. The fourth-order valence-corrected chi connectivity index (χ4v) is 4.64. The zero-order valence-electron chi connectivity index (χ0n) is 17.9. The van der Waals surface area contributed by atoms with Gasteiger partial charge in [-0.05, 0) is 30.0 Å². The van der Waals surface area contributed by atoms with Gasteiger partial charge in [-0.3, -0.25) is 9.11 Å². The monoisotopic (exact) mass is 489 g/mol. The predicted octanol–water partition coefficient (Wildman–Crippen LogP) is 1.19. The molecule has 2 rings (SSSR count). The highest BCUT2D eigenvalue weighted by Crippen LogP contribution is 2.23. The number of aliphatic hydroxyl groups excluding tert-OH is 1. The molecule has 0 saturated carbocycles. The van der Waals surface area contributed by atoms with Crippen LogP contribution in [0.3, 0.4) is 0 Å². The number of rotatable bonds is 9. The van der Waals surface area contributed by atoms with Gasteiger partial charge in [0.05, 0.1) is 11.8 Å². The maximum Gasteiger partial charge on any atom is 0.394 e. The number of hydrogen-bond acceptors (Lipinski definition) is 7. The number of sulfonamides is 1. The molecular weight excluding hydrogens is 458 g/mol. The van der Waals surface area contributed by atoms with E-state index in [4.69, 9.17) is 29.0 Å². The topological polar surface area (TPSA) is 184 Å². The summed E-state index contributed by atoms with van der Waals surface area (Å²) in [6.45, 7) is 4.04. The molecule has 0 unspecified atom stereocenters. The number of nitrogen functional groups attached to an aromatic ring is 1. The number of para-hydroxylation sites is 1. The third-order valence-electron chi connectivity index (χ3n) is 4.30. The second kappa shape index (κ2) is 12.3. The van der Waals surface area contributed by atoms with Crippen LogP contribution in [0.15, 0.2) is 59.5 Å². The van der Waals surface area contributed by atoms with E-state index < -0.39 is 32.6 Å². The normalized spacial score (nSPS) is 14.0. The van der Waals surface area contributed by atoms with Crippen molar-refractivity contribution < 1.29 is 31.0 Å². The molecule has 0 saturated heterocycles. The molecule has 0 aliphatic rings. The molecule has 32 heavy (non-hydrogen) atoms. The van der Waals surface area contributed by atoms with Gasteiger partial charge in [0.15, 0.2) is 0 Å². The standard InChI is InChI=1S/C20H29N3O3S.H2O4S/c1-15(2)13-23(27(25,26)20-11-7-6-10-17(20)21)14-19(24)18(22)12-16-8-4-3-5-9-16;1-5(2,3)4/h3-11,15,18-19,24H,12-14,21-22H2,1-2H3;(H2,1,2,3,4)/t18-,19+;/m0./s1. The third-order valence-corrected chi connectivity index (χ3v) is 6.21. The van der Waals surface area contributed by atoms with Crippen molar-refractivity contribution in [1.82, 2.24) is 4.31 Å². The van der Waals surface area contributed by atoms with Gasteiger partial charge in [0.25, 0.3) is 0 Å². The summed E-state index contributed by atoms with van der Waals surface area (Å²) >= 11 is 0. The number of nitrogens with two attached hydrogens (primary N) is 2. The van der Waals surface area contributed by atoms with Crippen molar-refractivity contribution in [3.8, 4) is 0 Å². The van der Waals surface area contributed by atoms with Crippen LogP contribution < -0.4 is 11.5 Å². The summed E-state index contributed by atoms with van der Waals surface area (Å²) in [7, 11) is -8.50. The third kappa shape index (κ3) is 10.0. The minimum Gasteiger partial charge on any atom is -0.398 e. The molecule has 0 bridgehead atoms. The van der Waals surface area contributed by atoms with E-state index in [9.17, 15) is 13.5 Å². The number of benzene rings is 2. The first-order valence-electron chi connectivity index (χ1n) is 9.74. The Morgan fingerprint density at radius 1 is 0.906 bits per heavy atom. The van der Waals surface area contributed by atoms with Crippen LogP contribution in [-0.2, 0) is 26.8 Å². The highest BCUT2D eigenvalue weighted by atomic mass is 32.3. The van der Waals surface area contributed by atoms with E-state index >= 15 is 0 Å². The molecule has 0 aliphatic carbocycles. The highest BCUT2D eigenvalue weighted by Gasteiger charge is 2.30. The fraction of sp³-hybridized carbons (Fsp3) is 0.400. The summed E-state index contributed by atoms with van der Waals surface area (Å²) in [6.07, 6.45) is -0.533. The number of nitrogens with zero attached hydrogens (tertiary/aromatic N) is 1. The molecule has 180 valence electrons. The lowest BCUT2D eigenvalue weighted by atomic mass is 10.0. The Balaban J connectivity index is 0.000000920. The zero-order chi connectivity index (χ0) is 24.5. The van der Waals surface area contributed by atoms with Crippen LogP contribution in [0.5, 0.6) is 0 Å². The van der Waals surface area contributed by atoms with Crippen molar-refractivity contribution >= 4 is 26.1 Å². The van der Waals surface area contributed by atoms with Gasteiger partial charge in [-0.25, -0.2) is 8.42 Å². The molecule has 12 heteroatoms. The molecule has 0 aliphatic heterocycles. The smallest absolute Gasteiger partial charge is 0.394 e. The average Bonchev–Trinajstić information content (AvgIpc) is 2.66. The molecule has 2 aromatic rings. The van der Waals surface area contributed by atoms with Gasteiger partial charge >= 0.3 is 10.4 Å². The van der Waals surface area contributed by atoms with Gasteiger partial charge in [0.1, 0.15) is 4.90 Å². The highest BCUT2D eigenvalue weighted by molar-refractivity contribution is 7.89. The molecule has 0 spiro atoms. The molecule has 2 atom stereocenters. The quantitative estimate of drug-likeness (QED) is 0.255. The van der Waals surface area contributed by atoms with Gasteiger partial charge in [-0.1, -0.05) is 56.3 Å². The van der Waals surface area contributed by atoms with E-state index in [0.717, 1.165) is 5.56 Å². The first-order valence-corrected chi connectivity index (χ1v) is 12.6. The van der Waals surface area contributed by atoms with E-state index in [1.165, 1.54) is 10.4 Å². The number of anilines is 1. The lowest BCUT2D eigenvalue weighted by molar-refractivity contribution is 0.116. The minimum absolute atomic E-state index is 0.0504. The van der Waals surface area contributed by atoms with Crippen molar-refractivity contribution in [3.05, 3.63) is 60.2 Å². The molecule has 2 aromatic carbocycles. The van der Waals surface area contributed by atoms with E-state index in [1.807, 2.05) is 44.2 Å². The van der Waals surface area contributed by atoms with E-state index in [2.05, 4.69) is 0 Å². The Morgan fingerprint density at radius 2 is 1.41 bits per heavy atom. The predicted molar refractivity (Wildman–Crippen MR) is 123 cm³/mol. The fourth-order valence-electron chi connectivity index (χ4n) is 2.90. The van der Waals surface area contributed by atoms with Crippen molar-refractivity contribution in [2.24, 2.45) is 11.7 Å². The largest absolute Gasteiger partial charge is 0.398 e. The van der Waals surface area contributed by atoms with Crippen LogP contribution in [-0.4, -0.2) is 60.6 Å². The molecule has 0 heterocycles. The van der Waals surface area contributed by atoms with Crippen LogP contribution >= 0.6 is 0 Å². The lowest BCUT2D eigenvalue weighted by Crippen LogP contribution is -2.47. The molecular formula is C20H31N3O7S2. The second-order valence-corrected chi connectivity index (χ2v) is 10.4. The van der Waals surface area contributed by atoms with Crippen LogP contribution in [0.2, 0.25) is 0 Å². The van der Waals surface area contributed by atoms with Crippen molar-refractivity contribution in [2.75, 3.05) is 18.8 Å². The maximum absolute atomic E-state index is 13.1. The average molecular weight is 490 g/mol. The van der Waals surface area contributed by atoms with Gasteiger partial charge < -0.3 is 16.6 Å². The molecule has 0 aromatic heterocycles. The minimum atomic E-state index is -4.67. The summed E-state index contributed by atoms with van der Waals surface area (Å²) in [6, 6.07) is 15.4.